The molecule has 1 aliphatic carbocycles. The summed E-state index contributed by atoms with van der Waals surface area (Å²) >= 11 is 3.01. The Kier molecular flexibility index (Phi) is 8.07. The van der Waals surface area contributed by atoms with Crippen molar-refractivity contribution >= 4 is 57.2 Å². The molecule has 3 heterocycles. The lowest BCUT2D eigenvalue weighted by molar-refractivity contribution is 0.354. The van der Waals surface area contributed by atoms with Gasteiger partial charge in [-0.3, -0.25) is 0 Å². The maximum atomic E-state index is 9.49. The van der Waals surface area contributed by atoms with Crippen molar-refractivity contribution in [1.82, 2.24) is 8.75 Å². The largest absolute Gasteiger partial charge is 0.310 e. The summed E-state index contributed by atoms with van der Waals surface area (Å²) in [5.41, 5.74) is 13.1. The Morgan fingerprint density at radius 1 is 0.824 bits per heavy atom. The Morgan fingerprint density at radius 3 is 2.37 bits per heavy atom. The van der Waals surface area contributed by atoms with E-state index >= 15 is 0 Å². The molecule has 8 rings (SSSR count). The van der Waals surface area contributed by atoms with Crippen LogP contribution in [0.15, 0.2) is 126 Å². The summed E-state index contributed by atoms with van der Waals surface area (Å²) in [5, 5.41) is 9.49. The zero-order chi connectivity index (χ0) is 35.3. The van der Waals surface area contributed by atoms with Gasteiger partial charge in [0.25, 0.3) is 5.70 Å². The lowest BCUT2D eigenvalue weighted by Gasteiger charge is -2.42. The summed E-state index contributed by atoms with van der Waals surface area (Å²) in [6, 6.07) is 37.1. The molecular weight excluding hydrogens is 663 g/mol. The number of nitrogens with zero attached hydrogens (tertiary/aromatic N) is 5. The number of benzene rings is 4. The van der Waals surface area contributed by atoms with E-state index in [0.29, 0.717) is 0 Å². The minimum Gasteiger partial charge on any atom is -0.310 e. The predicted molar refractivity (Wildman–Crippen MR) is 212 cm³/mol. The molecule has 0 saturated heterocycles. The summed E-state index contributed by atoms with van der Waals surface area (Å²) in [4.78, 5) is 8.22. The second-order valence-electron chi connectivity index (χ2n) is 14.5. The molecule has 5 nitrogen and oxygen atoms in total. The molecule has 0 saturated carbocycles. The summed E-state index contributed by atoms with van der Waals surface area (Å²) < 4.78 is 9.47. The topological polar surface area (TPSA) is 57.2 Å². The van der Waals surface area contributed by atoms with E-state index in [-0.39, 0.29) is 16.5 Å². The van der Waals surface area contributed by atoms with E-state index < -0.39 is 0 Å². The lowest BCUT2D eigenvalue weighted by Crippen LogP contribution is -2.30. The number of aromatic nitrogens is 2. The first kappa shape index (κ1) is 32.6. The SMILES string of the molecule is [C-]#[N+]/C(C#N)=C1C=C(/C=C/c2ccc(-c3ccc(-c4ccc5c(c4)C(C)(C)c4ccccc4N5c4ccccc4)s3)c3nsnc23)CC(C)(C)C\1. The number of fused-ring (bicyclic) bond motifs is 3. The second-order valence-corrected chi connectivity index (χ2v) is 16.2. The van der Waals surface area contributed by atoms with Crippen LogP contribution in [0.5, 0.6) is 0 Å². The normalized spacial score (nSPS) is 17.0. The summed E-state index contributed by atoms with van der Waals surface area (Å²) in [6.45, 7) is 16.5. The van der Waals surface area contributed by atoms with E-state index in [1.165, 1.54) is 44.7 Å². The highest BCUT2D eigenvalue weighted by Crippen LogP contribution is 2.53. The van der Waals surface area contributed by atoms with Gasteiger partial charge in [0.1, 0.15) is 11.0 Å². The maximum absolute atomic E-state index is 9.49. The van der Waals surface area contributed by atoms with Crippen molar-refractivity contribution in [2.75, 3.05) is 4.90 Å². The molecule has 51 heavy (non-hydrogen) atoms. The van der Waals surface area contributed by atoms with Crippen LogP contribution in [-0.4, -0.2) is 8.75 Å². The van der Waals surface area contributed by atoms with Gasteiger partial charge in [-0.2, -0.15) is 8.75 Å². The van der Waals surface area contributed by atoms with Crippen LogP contribution in [0.3, 0.4) is 0 Å². The molecule has 0 bridgehead atoms. The van der Waals surface area contributed by atoms with E-state index in [1.807, 2.05) is 6.08 Å². The van der Waals surface area contributed by atoms with E-state index in [4.69, 9.17) is 15.3 Å². The number of anilines is 3. The van der Waals surface area contributed by atoms with Gasteiger partial charge in [0.2, 0.25) is 0 Å². The van der Waals surface area contributed by atoms with Gasteiger partial charge in [0.05, 0.1) is 35.7 Å². The Hall–Kier alpha value is -5.60. The van der Waals surface area contributed by atoms with E-state index in [1.54, 1.807) is 11.3 Å². The highest BCUT2D eigenvalue weighted by Gasteiger charge is 2.37. The number of nitriles is 1. The van der Waals surface area contributed by atoms with Crippen LogP contribution in [0.2, 0.25) is 0 Å². The molecule has 2 aromatic heterocycles. The van der Waals surface area contributed by atoms with Gasteiger partial charge in [0.15, 0.2) is 0 Å². The molecule has 0 N–H and O–H groups in total. The predicted octanol–water partition coefficient (Wildman–Crippen LogP) is 12.7. The van der Waals surface area contributed by atoms with E-state index in [9.17, 15) is 5.26 Å². The Morgan fingerprint density at radius 2 is 1.57 bits per heavy atom. The number of allylic oxidation sites excluding steroid dienone is 5. The highest BCUT2D eigenvalue weighted by molar-refractivity contribution is 7.19. The standard InChI is InChI=1S/C44H35N5S2/c1-43(2)25-28(23-31(26-43)36(27-45)46-5)15-16-29-17-19-33(42-41(29)47-51-48-42)40-22-21-39(50-40)30-18-20-38-35(24-30)44(3,4)34-13-9-10-14-37(34)49(38)32-11-7-6-8-12-32/h6-24H,25-26H2,1-4H3/b16-15+,36-31+. The molecule has 7 heteroatoms. The maximum Gasteiger partial charge on any atom is 0.265 e. The molecule has 0 radical (unpaired) electrons. The number of rotatable bonds is 5. The average molecular weight is 698 g/mol. The molecule has 4 aromatic carbocycles. The first-order valence-corrected chi connectivity index (χ1v) is 18.6. The minimum absolute atomic E-state index is 0.0334. The van der Waals surface area contributed by atoms with Gasteiger partial charge in [-0.05, 0) is 88.6 Å². The molecule has 0 spiro atoms. The Bertz CT molecular complexity index is 2500. The van der Waals surface area contributed by atoms with Crippen molar-refractivity contribution in [3.8, 4) is 27.0 Å². The van der Waals surface area contributed by atoms with Gasteiger partial charge < -0.3 is 4.90 Å². The molecule has 6 aromatic rings. The summed E-state index contributed by atoms with van der Waals surface area (Å²) in [6.07, 6.45) is 7.79. The summed E-state index contributed by atoms with van der Waals surface area (Å²) in [7, 11) is 0. The van der Waals surface area contributed by atoms with Crippen LogP contribution in [0, 0.1) is 23.3 Å². The zero-order valence-corrected chi connectivity index (χ0v) is 30.6. The second kappa shape index (κ2) is 12.6. The van der Waals surface area contributed by atoms with Crippen LogP contribution in [0.25, 0.3) is 42.8 Å². The molecule has 1 aliphatic heterocycles. The van der Waals surface area contributed by atoms with E-state index in [2.05, 4.69) is 153 Å². The Labute approximate surface area is 307 Å². The monoisotopic (exact) mass is 697 g/mol. The van der Waals surface area contributed by atoms with Crippen molar-refractivity contribution in [2.24, 2.45) is 5.41 Å². The average Bonchev–Trinajstić information content (AvgIpc) is 3.83. The van der Waals surface area contributed by atoms with Crippen LogP contribution in [0.1, 0.15) is 57.2 Å². The highest BCUT2D eigenvalue weighted by atomic mass is 32.1. The van der Waals surface area contributed by atoms with Gasteiger partial charge in [-0.1, -0.05) is 101 Å². The molecule has 0 amide bonds. The summed E-state index contributed by atoms with van der Waals surface area (Å²) in [5.74, 6) is 0. The third-order valence-electron chi connectivity index (χ3n) is 10.1. The van der Waals surface area contributed by atoms with Gasteiger partial charge in [-0.15, -0.1) is 11.3 Å². The first-order chi connectivity index (χ1) is 24.7. The molecule has 0 fully saturated rings. The van der Waals surface area contributed by atoms with Crippen molar-refractivity contribution in [2.45, 2.75) is 46.0 Å². The molecule has 0 atom stereocenters. The molecular formula is C44H35N5S2. The van der Waals surface area contributed by atoms with E-state index in [0.717, 1.165) is 56.7 Å². The zero-order valence-electron chi connectivity index (χ0n) is 28.9. The van der Waals surface area contributed by atoms with Crippen molar-refractivity contribution in [3.05, 3.63) is 154 Å². The van der Waals surface area contributed by atoms with Gasteiger partial charge in [0, 0.05) is 32.0 Å². The van der Waals surface area contributed by atoms with Gasteiger partial charge >= 0.3 is 0 Å². The van der Waals surface area contributed by atoms with Crippen LogP contribution in [0.4, 0.5) is 17.1 Å². The lowest BCUT2D eigenvalue weighted by atomic mass is 9.73. The number of thiophene rings is 1. The van der Waals surface area contributed by atoms with Crippen LogP contribution in [-0.2, 0) is 5.41 Å². The van der Waals surface area contributed by atoms with Gasteiger partial charge in [-0.25, -0.2) is 10.1 Å². The molecule has 0 unspecified atom stereocenters. The fraction of sp³-hybridized carbons (Fsp3) is 0.182. The number of para-hydroxylation sites is 2. The van der Waals surface area contributed by atoms with Crippen molar-refractivity contribution < 1.29 is 0 Å². The van der Waals surface area contributed by atoms with Crippen molar-refractivity contribution in [3.63, 3.8) is 0 Å². The molecule has 2 aliphatic rings. The third-order valence-corrected chi connectivity index (χ3v) is 11.8. The number of hydrogen-bond acceptors (Lipinski definition) is 6. The van der Waals surface area contributed by atoms with Crippen LogP contribution >= 0.6 is 23.1 Å². The smallest absolute Gasteiger partial charge is 0.265 e. The number of hydrogen-bond donors (Lipinski definition) is 0. The van der Waals surface area contributed by atoms with Crippen LogP contribution < -0.4 is 4.90 Å². The fourth-order valence-corrected chi connectivity index (χ4v) is 9.26. The minimum atomic E-state index is -0.175. The van der Waals surface area contributed by atoms with Crippen molar-refractivity contribution in [1.29, 1.82) is 5.26 Å². The third kappa shape index (κ3) is 5.79. The Balaban J connectivity index is 1.13. The molecule has 248 valence electrons. The first-order valence-electron chi connectivity index (χ1n) is 17.0. The quantitative estimate of drug-likeness (QED) is 0.133. The fourth-order valence-electron chi connectivity index (χ4n) is 7.65.